The number of aromatic nitrogens is 4. The van der Waals surface area contributed by atoms with E-state index in [1.165, 1.54) is 12.1 Å². The highest BCUT2D eigenvalue weighted by Gasteiger charge is 2.40. The minimum Gasteiger partial charge on any atom is -0.491 e. The zero-order chi connectivity index (χ0) is 22.2. The van der Waals surface area contributed by atoms with Crippen molar-refractivity contribution in [3.8, 4) is 17.3 Å². The van der Waals surface area contributed by atoms with Gasteiger partial charge < -0.3 is 14.5 Å². The molecule has 0 radical (unpaired) electrons. The van der Waals surface area contributed by atoms with Crippen LogP contribution in [0.3, 0.4) is 0 Å². The standard InChI is InChI=1S/C19H14Cl2F3N5O2/c1-2-30-16-12(20)6-10(7-13(16)21)25-8-9-3-4-11-14(5-9)31-17(15(11)19(22,23)24)18-26-28-29-27-18/h3-7,25H,2,8H2,1H3,(H,26,27,28,29). The summed E-state index contributed by atoms with van der Waals surface area (Å²) in [5.41, 5.74) is 0.423. The van der Waals surface area contributed by atoms with Crippen molar-refractivity contribution in [2.45, 2.75) is 19.6 Å². The van der Waals surface area contributed by atoms with Gasteiger partial charge in [-0.05, 0) is 41.1 Å². The number of fused-ring (bicyclic) bond motifs is 1. The second kappa shape index (κ2) is 8.27. The number of hydrogen-bond donors (Lipinski definition) is 2. The second-order valence-electron chi connectivity index (χ2n) is 6.44. The fourth-order valence-electron chi connectivity index (χ4n) is 3.10. The quantitative estimate of drug-likeness (QED) is 0.361. The maximum Gasteiger partial charge on any atom is 0.420 e. The summed E-state index contributed by atoms with van der Waals surface area (Å²) in [7, 11) is 0. The van der Waals surface area contributed by atoms with Gasteiger partial charge in [0.25, 0.3) is 0 Å². The molecule has 7 nitrogen and oxygen atoms in total. The Morgan fingerprint density at radius 3 is 2.52 bits per heavy atom. The van der Waals surface area contributed by atoms with Gasteiger partial charge in [-0.2, -0.15) is 13.2 Å². The van der Waals surface area contributed by atoms with E-state index in [-0.39, 0.29) is 23.3 Å². The van der Waals surface area contributed by atoms with E-state index in [0.29, 0.717) is 33.7 Å². The Morgan fingerprint density at radius 2 is 1.90 bits per heavy atom. The van der Waals surface area contributed by atoms with Gasteiger partial charge in [-0.15, -0.1) is 5.10 Å². The molecule has 2 heterocycles. The number of rotatable bonds is 6. The fourth-order valence-corrected chi connectivity index (χ4v) is 3.70. The lowest BCUT2D eigenvalue weighted by Crippen LogP contribution is -2.06. The summed E-state index contributed by atoms with van der Waals surface area (Å²) in [5.74, 6) is -0.285. The number of furan rings is 1. The predicted octanol–water partition coefficient (Wildman–Crippen LogP) is 5.95. The average molecular weight is 472 g/mol. The molecular weight excluding hydrogens is 458 g/mol. The summed E-state index contributed by atoms with van der Waals surface area (Å²) in [5, 5.41) is 16.2. The normalized spacial score (nSPS) is 11.8. The Bertz CT molecular complexity index is 1200. The summed E-state index contributed by atoms with van der Waals surface area (Å²) in [6.45, 7) is 2.53. The van der Waals surface area contributed by atoms with Gasteiger partial charge in [0.15, 0.2) is 11.5 Å². The molecule has 0 amide bonds. The van der Waals surface area contributed by atoms with Crippen LogP contribution in [0.4, 0.5) is 18.9 Å². The number of benzene rings is 2. The molecule has 0 unspecified atom stereocenters. The molecule has 0 saturated carbocycles. The number of H-pyrrole nitrogens is 1. The molecule has 2 aromatic heterocycles. The SMILES string of the molecule is CCOc1c(Cl)cc(NCc2ccc3c(C(F)(F)F)c(-c4nnn[nH]4)oc3c2)cc1Cl. The molecule has 12 heteroatoms. The third-order valence-electron chi connectivity index (χ3n) is 4.38. The van der Waals surface area contributed by atoms with E-state index in [1.54, 1.807) is 18.2 Å². The molecule has 0 saturated heterocycles. The third kappa shape index (κ3) is 4.26. The minimum absolute atomic E-state index is 0.0563. The Hall–Kier alpha value is -2.98. The second-order valence-corrected chi connectivity index (χ2v) is 7.25. The number of aromatic amines is 1. The van der Waals surface area contributed by atoms with Crippen LogP contribution in [0.5, 0.6) is 5.75 Å². The Balaban J connectivity index is 1.63. The number of alkyl halides is 3. The van der Waals surface area contributed by atoms with Crippen molar-refractivity contribution in [1.29, 1.82) is 0 Å². The van der Waals surface area contributed by atoms with E-state index < -0.39 is 17.5 Å². The number of nitrogens with zero attached hydrogens (tertiary/aromatic N) is 3. The first-order valence-electron chi connectivity index (χ1n) is 9.00. The molecular formula is C19H14Cl2F3N5O2. The topological polar surface area (TPSA) is 88.9 Å². The van der Waals surface area contributed by atoms with Crippen LogP contribution < -0.4 is 10.1 Å². The van der Waals surface area contributed by atoms with Gasteiger partial charge in [0.2, 0.25) is 5.82 Å². The van der Waals surface area contributed by atoms with Crippen molar-refractivity contribution >= 4 is 39.9 Å². The summed E-state index contributed by atoms with van der Waals surface area (Å²) in [6.07, 6.45) is -4.65. The highest BCUT2D eigenvalue weighted by molar-refractivity contribution is 6.37. The van der Waals surface area contributed by atoms with Gasteiger partial charge in [-0.3, -0.25) is 0 Å². The largest absolute Gasteiger partial charge is 0.491 e. The van der Waals surface area contributed by atoms with Crippen LogP contribution in [0, 0.1) is 0 Å². The van der Waals surface area contributed by atoms with Crippen LogP contribution in [0.2, 0.25) is 10.0 Å². The van der Waals surface area contributed by atoms with Crippen molar-refractivity contribution in [1.82, 2.24) is 20.6 Å². The number of anilines is 1. The summed E-state index contributed by atoms with van der Waals surface area (Å²) >= 11 is 12.4. The maximum absolute atomic E-state index is 13.6. The molecule has 31 heavy (non-hydrogen) atoms. The Morgan fingerprint density at radius 1 is 1.16 bits per heavy atom. The number of halogens is 5. The van der Waals surface area contributed by atoms with Gasteiger partial charge >= 0.3 is 6.18 Å². The monoisotopic (exact) mass is 471 g/mol. The van der Waals surface area contributed by atoms with Crippen LogP contribution in [0.15, 0.2) is 34.7 Å². The first kappa shape index (κ1) is 21.3. The molecule has 0 aliphatic heterocycles. The van der Waals surface area contributed by atoms with Crippen molar-refractivity contribution in [3.05, 3.63) is 51.5 Å². The highest BCUT2D eigenvalue weighted by Crippen LogP contribution is 2.43. The van der Waals surface area contributed by atoms with Crippen LogP contribution in [0.1, 0.15) is 18.1 Å². The lowest BCUT2D eigenvalue weighted by atomic mass is 10.1. The van der Waals surface area contributed by atoms with E-state index in [2.05, 4.69) is 25.9 Å². The Labute approximate surface area is 183 Å². The summed E-state index contributed by atoms with van der Waals surface area (Å²) < 4.78 is 51.8. The first-order valence-corrected chi connectivity index (χ1v) is 9.76. The van der Waals surface area contributed by atoms with Crippen LogP contribution in [-0.4, -0.2) is 27.2 Å². The molecule has 0 aliphatic rings. The molecule has 0 bridgehead atoms. The van der Waals surface area contributed by atoms with Crippen LogP contribution in [0.25, 0.3) is 22.6 Å². The van der Waals surface area contributed by atoms with E-state index in [9.17, 15) is 13.2 Å². The third-order valence-corrected chi connectivity index (χ3v) is 4.94. The predicted molar refractivity (Wildman–Crippen MR) is 109 cm³/mol. The number of nitrogens with one attached hydrogen (secondary N) is 2. The zero-order valence-electron chi connectivity index (χ0n) is 15.8. The van der Waals surface area contributed by atoms with E-state index in [4.69, 9.17) is 32.4 Å². The first-order chi connectivity index (χ1) is 14.8. The molecule has 2 aromatic carbocycles. The number of tetrazole rings is 1. The summed E-state index contributed by atoms with van der Waals surface area (Å²) in [4.78, 5) is 0. The molecule has 0 fully saturated rings. The fraction of sp³-hybridized carbons (Fsp3) is 0.211. The van der Waals surface area contributed by atoms with E-state index in [1.807, 2.05) is 6.92 Å². The molecule has 0 aliphatic carbocycles. The molecule has 0 atom stereocenters. The van der Waals surface area contributed by atoms with E-state index >= 15 is 0 Å². The lowest BCUT2D eigenvalue weighted by molar-refractivity contribution is -0.136. The molecule has 162 valence electrons. The van der Waals surface area contributed by atoms with Gasteiger partial charge in [-0.1, -0.05) is 35.3 Å². The summed E-state index contributed by atoms with van der Waals surface area (Å²) in [6, 6.07) is 7.74. The molecule has 4 rings (SSSR count). The minimum atomic E-state index is -4.65. The van der Waals surface area contributed by atoms with Gasteiger partial charge in [0, 0.05) is 17.6 Å². The smallest absolute Gasteiger partial charge is 0.420 e. The van der Waals surface area contributed by atoms with Gasteiger partial charge in [0.05, 0.1) is 16.7 Å². The van der Waals surface area contributed by atoms with Crippen molar-refractivity contribution in [2.24, 2.45) is 0 Å². The average Bonchev–Trinajstić information content (AvgIpc) is 3.35. The number of ether oxygens (including phenoxy) is 1. The Kier molecular flexibility index (Phi) is 5.67. The molecule has 4 aromatic rings. The highest BCUT2D eigenvalue weighted by atomic mass is 35.5. The van der Waals surface area contributed by atoms with Crippen molar-refractivity contribution in [3.63, 3.8) is 0 Å². The number of hydrogen-bond acceptors (Lipinski definition) is 6. The van der Waals surface area contributed by atoms with Crippen molar-refractivity contribution < 1.29 is 22.3 Å². The van der Waals surface area contributed by atoms with Crippen LogP contribution >= 0.6 is 23.2 Å². The van der Waals surface area contributed by atoms with E-state index in [0.717, 1.165) is 0 Å². The lowest BCUT2D eigenvalue weighted by Gasteiger charge is -2.12. The van der Waals surface area contributed by atoms with Gasteiger partial charge in [-0.25, -0.2) is 5.10 Å². The van der Waals surface area contributed by atoms with Crippen LogP contribution in [-0.2, 0) is 12.7 Å². The zero-order valence-corrected chi connectivity index (χ0v) is 17.4. The maximum atomic E-state index is 13.6. The molecule has 0 spiro atoms. The molecule has 2 N–H and O–H groups in total. The van der Waals surface area contributed by atoms with Gasteiger partial charge in [0.1, 0.15) is 11.1 Å². The van der Waals surface area contributed by atoms with Crippen molar-refractivity contribution in [2.75, 3.05) is 11.9 Å².